The molecule has 0 atom stereocenters. The second-order valence-electron chi connectivity index (χ2n) is 5.25. The van der Waals surface area contributed by atoms with E-state index in [0.717, 1.165) is 48.4 Å². The van der Waals surface area contributed by atoms with Crippen molar-refractivity contribution in [3.63, 3.8) is 0 Å². The van der Waals surface area contributed by atoms with Crippen LogP contribution in [0.15, 0.2) is 20.9 Å². The predicted octanol–water partition coefficient (Wildman–Crippen LogP) is 1.71. The van der Waals surface area contributed by atoms with Gasteiger partial charge in [0.2, 0.25) is 5.91 Å². The third-order valence-corrected chi connectivity index (χ3v) is 5.27. The largest absolute Gasteiger partial charge is 0.357 e. The first kappa shape index (κ1) is 18.1. The Morgan fingerprint density at radius 1 is 1.39 bits per heavy atom. The zero-order valence-electron chi connectivity index (χ0n) is 13.5. The van der Waals surface area contributed by atoms with E-state index in [2.05, 4.69) is 25.9 Å². The first-order valence-electron chi connectivity index (χ1n) is 8.11. The molecule has 3 N–H and O–H groups in total. The van der Waals surface area contributed by atoms with Gasteiger partial charge in [0, 0.05) is 49.4 Å². The maximum atomic E-state index is 11.5. The number of carbonyl (C=O) groups excluding carboxylic acids is 1. The number of rotatable bonds is 10. The second kappa shape index (κ2) is 10.5. The molecule has 0 spiro atoms. The summed E-state index contributed by atoms with van der Waals surface area (Å²) in [7, 11) is 0. The number of aliphatic imine (C=N–C) groups is 1. The summed E-state index contributed by atoms with van der Waals surface area (Å²) in [6, 6.07) is 0. The van der Waals surface area contributed by atoms with Crippen molar-refractivity contribution in [1.29, 1.82) is 0 Å². The highest BCUT2D eigenvalue weighted by molar-refractivity contribution is 8.00. The maximum Gasteiger partial charge on any atom is 0.223 e. The van der Waals surface area contributed by atoms with Gasteiger partial charge in [-0.2, -0.15) is 0 Å². The van der Waals surface area contributed by atoms with Gasteiger partial charge in [-0.3, -0.25) is 9.79 Å². The van der Waals surface area contributed by atoms with Gasteiger partial charge in [-0.1, -0.05) is 11.8 Å². The van der Waals surface area contributed by atoms with E-state index in [4.69, 9.17) is 0 Å². The minimum atomic E-state index is 0.188. The lowest BCUT2D eigenvalue weighted by Gasteiger charge is -2.11. The highest BCUT2D eigenvalue weighted by Crippen LogP contribution is 2.28. The number of carbonyl (C=O) groups is 1. The molecule has 1 aliphatic carbocycles. The van der Waals surface area contributed by atoms with Crippen molar-refractivity contribution >= 4 is 35.0 Å². The highest BCUT2D eigenvalue weighted by atomic mass is 32.2. The van der Waals surface area contributed by atoms with E-state index in [-0.39, 0.29) is 11.8 Å². The molecule has 2 rings (SSSR count). The number of thioether (sulfide) groups is 1. The molecule has 0 radical (unpaired) electrons. The monoisotopic (exact) mass is 355 g/mol. The number of amides is 1. The summed E-state index contributed by atoms with van der Waals surface area (Å²) in [5.74, 6) is 2.29. The molecule has 1 aliphatic rings. The Morgan fingerprint density at radius 2 is 2.22 bits per heavy atom. The minimum Gasteiger partial charge on any atom is -0.357 e. The van der Waals surface area contributed by atoms with Crippen molar-refractivity contribution in [2.45, 2.75) is 30.5 Å². The fourth-order valence-corrected chi connectivity index (χ4v) is 3.53. The summed E-state index contributed by atoms with van der Waals surface area (Å²) in [5, 5.41) is 11.4. The predicted molar refractivity (Wildman–Crippen MR) is 97.2 cm³/mol. The summed E-state index contributed by atoms with van der Waals surface area (Å²) in [6.07, 6.45) is 4.93. The number of nitrogens with zero attached hydrogens (tertiary/aromatic N) is 2. The molecule has 0 saturated heterocycles. The van der Waals surface area contributed by atoms with Gasteiger partial charge in [0.1, 0.15) is 4.34 Å². The van der Waals surface area contributed by atoms with E-state index in [9.17, 15) is 4.79 Å². The molecule has 1 saturated carbocycles. The molecule has 1 amide bonds. The Balaban J connectivity index is 1.56. The van der Waals surface area contributed by atoms with Gasteiger partial charge >= 0.3 is 0 Å². The summed E-state index contributed by atoms with van der Waals surface area (Å²) < 4.78 is 1.12. The quantitative estimate of drug-likeness (QED) is 0.258. The van der Waals surface area contributed by atoms with Crippen molar-refractivity contribution in [1.82, 2.24) is 20.9 Å². The standard InChI is InChI=1S/C15H25N5OS2/c1-2-16-14(19-8-7-17-13(21)12-4-5-12)18-6-3-10-22-15-20-9-11-23-15/h9,11-12H,2-8,10H2,1H3,(H,17,21)(H2,16,18,19). The smallest absolute Gasteiger partial charge is 0.223 e. The first-order valence-corrected chi connectivity index (χ1v) is 9.98. The lowest BCUT2D eigenvalue weighted by molar-refractivity contribution is -0.122. The summed E-state index contributed by atoms with van der Waals surface area (Å²) in [5.41, 5.74) is 0. The molecule has 1 aromatic heterocycles. The Kier molecular flexibility index (Phi) is 8.24. The van der Waals surface area contributed by atoms with Gasteiger partial charge in [0.05, 0.1) is 0 Å². The number of hydrogen-bond donors (Lipinski definition) is 3. The van der Waals surface area contributed by atoms with Gasteiger partial charge in [-0.05, 0) is 26.2 Å². The van der Waals surface area contributed by atoms with E-state index in [1.807, 2.05) is 18.5 Å². The van der Waals surface area contributed by atoms with Gasteiger partial charge < -0.3 is 16.0 Å². The fourth-order valence-electron chi connectivity index (χ4n) is 1.89. The van der Waals surface area contributed by atoms with E-state index in [1.54, 1.807) is 23.1 Å². The van der Waals surface area contributed by atoms with E-state index < -0.39 is 0 Å². The summed E-state index contributed by atoms with van der Waals surface area (Å²) in [6.45, 7) is 4.98. The summed E-state index contributed by atoms with van der Waals surface area (Å²) >= 11 is 3.45. The maximum absolute atomic E-state index is 11.5. The molecule has 8 heteroatoms. The number of nitrogens with one attached hydrogen (secondary N) is 3. The zero-order chi connectivity index (χ0) is 16.3. The van der Waals surface area contributed by atoms with Crippen molar-refractivity contribution in [3.05, 3.63) is 11.6 Å². The Bertz CT molecular complexity index is 488. The SMILES string of the molecule is CCNC(=NCCCSc1nccs1)NCCNC(=O)C1CC1. The minimum absolute atomic E-state index is 0.188. The van der Waals surface area contributed by atoms with Gasteiger partial charge in [0.15, 0.2) is 5.96 Å². The highest BCUT2D eigenvalue weighted by Gasteiger charge is 2.28. The van der Waals surface area contributed by atoms with Crippen molar-refractivity contribution in [3.8, 4) is 0 Å². The molecule has 128 valence electrons. The van der Waals surface area contributed by atoms with Crippen LogP contribution in [0.4, 0.5) is 0 Å². The van der Waals surface area contributed by atoms with Crippen LogP contribution in [-0.4, -0.2) is 48.8 Å². The molecule has 0 aromatic carbocycles. The number of guanidine groups is 1. The summed E-state index contributed by atoms with van der Waals surface area (Å²) in [4.78, 5) is 20.3. The number of thiazole rings is 1. The fraction of sp³-hybridized carbons (Fsp3) is 0.667. The van der Waals surface area contributed by atoms with Crippen LogP contribution in [0.3, 0.4) is 0 Å². The molecule has 1 aromatic rings. The van der Waals surface area contributed by atoms with Crippen LogP contribution in [-0.2, 0) is 4.79 Å². The third kappa shape index (κ3) is 7.69. The molecule has 23 heavy (non-hydrogen) atoms. The zero-order valence-corrected chi connectivity index (χ0v) is 15.1. The average Bonchev–Trinajstić information content (AvgIpc) is 3.28. The molecular weight excluding hydrogens is 330 g/mol. The number of aromatic nitrogens is 1. The topological polar surface area (TPSA) is 78.4 Å². The normalized spacial score (nSPS) is 14.6. The molecule has 1 fully saturated rings. The van der Waals surface area contributed by atoms with E-state index in [0.29, 0.717) is 13.1 Å². The molecule has 0 aliphatic heterocycles. The third-order valence-electron chi connectivity index (χ3n) is 3.22. The molecular formula is C15H25N5OS2. The lowest BCUT2D eigenvalue weighted by Crippen LogP contribution is -2.41. The number of hydrogen-bond acceptors (Lipinski definition) is 5. The van der Waals surface area contributed by atoms with Crippen LogP contribution in [0.2, 0.25) is 0 Å². The Morgan fingerprint density at radius 3 is 2.91 bits per heavy atom. The van der Waals surface area contributed by atoms with Crippen molar-refractivity contribution in [2.24, 2.45) is 10.9 Å². The Hall–Kier alpha value is -1.28. The van der Waals surface area contributed by atoms with Crippen molar-refractivity contribution in [2.75, 3.05) is 31.9 Å². The molecule has 0 bridgehead atoms. The average molecular weight is 356 g/mol. The Labute approximate surface area is 145 Å². The van der Waals surface area contributed by atoms with Crippen LogP contribution in [0.1, 0.15) is 26.2 Å². The van der Waals surface area contributed by atoms with E-state index >= 15 is 0 Å². The molecule has 0 unspecified atom stereocenters. The van der Waals surface area contributed by atoms with Crippen LogP contribution < -0.4 is 16.0 Å². The van der Waals surface area contributed by atoms with E-state index in [1.165, 1.54) is 0 Å². The second-order valence-corrected chi connectivity index (χ2v) is 7.49. The van der Waals surface area contributed by atoms with Crippen LogP contribution >= 0.6 is 23.1 Å². The van der Waals surface area contributed by atoms with Gasteiger partial charge in [0.25, 0.3) is 0 Å². The molecule has 1 heterocycles. The molecule has 6 nitrogen and oxygen atoms in total. The van der Waals surface area contributed by atoms with Gasteiger partial charge in [-0.25, -0.2) is 4.98 Å². The van der Waals surface area contributed by atoms with Crippen LogP contribution in [0.25, 0.3) is 0 Å². The van der Waals surface area contributed by atoms with Crippen LogP contribution in [0, 0.1) is 5.92 Å². The van der Waals surface area contributed by atoms with Gasteiger partial charge in [-0.15, -0.1) is 11.3 Å². The van der Waals surface area contributed by atoms with Crippen molar-refractivity contribution < 1.29 is 4.79 Å². The lowest BCUT2D eigenvalue weighted by atomic mass is 10.4. The van der Waals surface area contributed by atoms with Crippen LogP contribution in [0.5, 0.6) is 0 Å². The first-order chi connectivity index (χ1) is 11.3.